The van der Waals surface area contributed by atoms with Crippen LogP contribution in [0.15, 0.2) is 84.2 Å². The summed E-state index contributed by atoms with van der Waals surface area (Å²) in [6.07, 6.45) is 0. The number of hydrogen-bond acceptors (Lipinski definition) is 3. The first-order chi connectivity index (χ1) is 13.2. The number of amides is 1. The van der Waals surface area contributed by atoms with Gasteiger partial charge in [-0.15, -0.1) is 11.3 Å². The van der Waals surface area contributed by atoms with Crippen molar-refractivity contribution in [2.24, 2.45) is 0 Å². The molecule has 0 unspecified atom stereocenters. The highest BCUT2D eigenvalue weighted by atomic mass is 127. The van der Waals surface area contributed by atoms with Gasteiger partial charge < -0.3 is 0 Å². The Balaban J connectivity index is 1.51. The number of anilines is 1. The van der Waals surface area contributed by atoms with Crippen molar-refractivity contribution in [3.63, 3.8) is 0 Å². The van der Waals surface area contributed by atoms with E-state index < -0.39 is 0 Å². The van der Waals surface area contributed by atoms with E-state index in [-0.39, 0.29) is 5.91 Å². The molecule has 3 nitrogen and oxygen atoms in total. The maximum atomic E-state index is 12.4. The quantitative estimate of drug-likeness (QED) is 0.345. The molecule has 0 spiro atoms. The van der Waals surface area contributed by atoms with Crippen LogP contribution in [0.3, 0.4) is 0 Å². The maximum absolute atomic E-state index is 12.4. The molecule has 4 rings (SSSR count). The van der Waals surface area contributed by atoms with Gasteiger partial charge in [0.15, 0.2) is 5.13 Å². The molecule has 0 fully saturated rings. The first-order valence-electron chi connectivity index (χ1n) is 8.38. The molecule has 4 aromatic rings. The molecule has 0 aliphatic rings. The fourth-order valence-corrected chi connectivity index (χ4v) is 4.08. The molecule has 0 saturated carbocycles. The van der Waals surface area contributed by atoms with Crippen LogP contribution in [0.1, 0.15) is 10.4 Å². The van der Waals surface area contributed by atoms with Crippen molar-refractivity contribution in [1.82, 2.24) is 4.98 Å². The lowest BCUT2D eigenvalue weighted by Crippen LogP contribution is -2.13. The Bertz CT molecular complexity index is 1070. The van der Waals surface area contributed by atoms with Gasteiger partial charge >= 0.3 is 0 Å². The molecule has 27 heavy (non-hydrogen) atoms. The minimum Gasteiger partial charge on any atom is -0.298 e. The zero-order valence-corrected chi connectivity index (χ0v) is 17.2. The molecule has 0 aliphatic carbocycles. The summed E-state index contributed by atoms with van der Waals surface area (Å²) < 4.78 is 0.917. The second kappa shape index (κ2) is 8.02. The van der Waals surface area contributed by atoms with Gasteiger partial charge in [0.2, 0.25) is 0 Å². The lowest BCUT2D eigenvalue weighted by molar-refractivity contribution is 0.102. The summed E-state index contributed by atoms with van der Waals surface area (Å²) in [6.45, 7) is 0. The second-order valence-electron chi connectivity index (χ2n) is 5.92. The summed E-state index contributed by atoms with van der Waals surface area (Å²) in [7, 11) is 0. The number of thiazole rings is 1. The molecule has 1 aromatic heterocycles. The molecule has 0 saturated heterocycles. The predicted octanol–water partition coefficient (Wildman–Crippen LogP) is 6.33. The molecule has 0 aliphatic heterocycles. The molecule has 3 aromatic carbocycles. The van der Waals surface area contributed by atoms with Crippen LogP contribution >= 0.6 is 33.9 Å². The number of carbonyl (C=O) groups excluding carboxylic acids is 1. The van der Waals surface area contributed by atoms with Crippen molar-refractivity contribution < 1.29 is 4.79 Å². The van der Waals surface area contributed by atoms with Crippen molar-refractivity contribution in [1.29, 1.82) is 0 Å². The van der Waals surface area contributed by atoms with Crippen LogP contribution in [0.5, 0.6) is 0 Å². The van der Waals surface area contributed by atoms with Gasteiger partial charge in [-0.2, -0.15) is 0 Å². The first kappa shape index (κ1) is 17.9. The molecule has 0 atom stereocenters. The third-order valence-electron chi connectivity index (χ3n) is 4.13. The van der Waals surface area contributed by atoms with Gasteiger partial charge in [-0.05, 0) is 45.9 Å². The fraction of sp³-hybridized carbons (Fsp3) is 0. The number of hydrogen-bond donors (Lipinski definition) is 1. The van der Waals surface area contributed by atoms with Crippen LogP contribution in [-0.2, 0) is 0 Å². The Hall–Kier alpha value is -2.51. The smallest absolute Gasteiger partial charge is 0.258 e. The zero-order chi connectivity index (χ0) is 18.6. The minimum atomic E-state index is -0.139. The van der Waals surface area contributed by atoms with E-state index in [9.17, 15) is 4.79 Å². The van der Waals surface area contributed by atoms with Crippen molar-refractivity contribution in [2.75, 3.05) is 5.32 Å². The van der Waals surface area contributed by atoms with Crippen molar-refractivity contribution in [3.05, 3.63) is 93.4 Å². The SMILES string of the molecule is O=C(Nc1nc(-c2ccc(-c3ccccc3)cc2)cs1)c1ccccc1I. The summed E-state index contributed by atoms with van der Waals surface area (Å²) in [5.41, 5.74) is 4.90. The Morgan fingerprint density at radius 1 is 0.815 bits per heavy atom. The average Bonchev–Trinajstić information content (AvgIpc) is 3.17. The maximum Gasteiger partial charge on any atom is 0.258 e. The number of carbonyl (C=O) groups is 1. The normalized spacial score (nSPS) is 10.6. The Morgan fingerprint density at radius 3 is 2.19 bits per heavy atom. The Labute approximate surface area is 175 Å². The molecule has 5 heteroatoms. The molecule has 1 heterocycles. The van der Waals surface area contributed by atoms with Crippen LogP contribution < -0.4 is 5.32 Å². The Kier molecular flexibility index (Phi) is 5.31. The van der Waals surface area contributed by atoms with Crippen LogP contribution in [0, 0.1) is 3.57 Å². The highest BCUT2D eigenvalue weighted by Gasteiger charge is 2.12. The largest absolute Gasteiger partial charge is 0.298 e. The van der Waals surface area contributed by atoms with Gasteiger partial charge in [0.25, 0.3) is 5.91 Å². The monoisotopic (exact) mass is 482 g/mol. The lowest BCUT2D eigenvalue weighted by Gasteiger charge is -2.04. The molecule has 132 valence electrons. The standard InChI is InChI=1S/C22H15IN2OS/c23-19-9-5-4-8-18(19)21(26)25-22-24-20(14-27-22)17-12-10-16(11-13-17)15-6-2-1-3-7-15/h1-14H,(H,24,25,26). The van der Waals surface area contributed by atoms with Gasteiger partial charge in [0.1, 0.15) is 0 Å². The van der Waals surface area contributed by atoms with Crippen LogP contribution in [-0.4, -0.2) is 10.9 Å². The summed E-state index contributed by atoms with van der Waals surface area (Å²) in [4.78, 5) is 17.0. The number of nitrogens with one attached hydrogen (secondary N) is 1. The van der Waals surface area contributed by atoms with Gasteiger partial charge in [-0.25, -0.2) is 4.98 Å². The Morgan fingerprint density at radius 2 is 1.44 bits per heavy atom. The fourth-order valence-electron chi connectivity index (χ4n) is 2.74. The van der Waals surface area contributed by atoms with Crippen LogP contribution in [0.4, 0.5) is 5.13 Å². The van der Waals surface area contributed by atoms with E-state index in [1.807, 2.05) is 47.8 Å². The molecular weight excluding hydrogens is 467 g/mol. The van der Waals surface area contributed by atoms with Gasteiger partial charge in [-0.1, -0.05) is 66.7 Å². The van der Waals surface area contributed by atoms with Crippen molar-refractivity contribution >= 4 is 45.0 Å². The second-order valence-corrected chi connectivity index (χ2v) is 7.94. The number of nitrogens with zero attached hydrogens (tertiary/aromatic N) is 1. The van der Waals surface area contributed by atoms with Gasteiger partial charge in [-0.3, -0.25) is 10.1 Å². The number of halogens is 1. The molecule has 1 N–H and O–H groups in total. The van der Waals surface area contributed by atoms with Crippen LogP contribution in [0.25, 0.3) is 22.4 Å². The third kappa shape index (κ3) is 4.09. The highest BCUT2D eigenvalue weighted by Crippen LogP contribution is 2.28. The van der Waals surface area contributed by atoms with Gasteiger partial charge in [0.05, 0.1) is 11.3 Å². The van der Waals surface area contributed by atoms with Gasteiger partial charge in [0, 0.05) is 14.5 Å². The molecular formula is C22H15IN2OS. The third-order valence-corrected chi connectivity index (χ3v) is 5.83. The topological polar surface area (TPSA) is 42.0 Å². The van der Waals surface area contributed by atoms with E-state index in [0.717, 1.165) is 14.8 Å². The summed E-state index contributed by atoms with van der Waals surface area (Å²) >= 11 is 3.59. The summed E-state index contributed by atoms with van der Waals surface area (Å²) in [6, 6.07) is 26.1. The van der Waals surface area contributed by atoms with Crippen molar-refractivity contribution in [3.8, 4) is 22.4 Å². The summed E-state index contributed by atoms with van der Waals surface area (Å²) in [5.74, 6) is -0.139. The first-order valence-corrected chi connectivity index (χ1v) is 10.3. The number of aromatic nitrogens is 1. The summed E-state index contributed by atoms with van der Waals surface area (Å²) in [5, 5.41) is 5.45. The average molecular weight is 482 g/mol. The van der Waals surface area contributed by atoms with E-state index >= 15 is 0 Å². The van der Waals surface area contributed by atoms with E-state index in [0.29, 0.717) is 10.7 Å². The number of benzene rings is 3. The van der Waals surface area contributed by atoms with Crippen LogP contribution in [0.2, 0.25) is 0 Å². The van der Waals surface area contributed by atoms with E-state index in [1.165, 1.54) is 22.5 Å². The minimum absolute atomic E-state index is 0.139. The van der Waals surface area contributed by atoms with Crippen molar-refractivity contribution in [2.45, 2.75) is 0 Å². The molecule has 1 amide bonds. The zero-order valence-electron chi connectivity index (χ0n) is 14.2. The van der Waals surface area contributed by atoms with E-state index in [4.69, 9.17) is 0 Å². The van der Waals surface area contributed by atoms with E-state index in [1.54, 1.807) is 0 Å². The molecule has 0 bridgehead atoms. The lowest BCUT2D eigenvalue weighted by atomic mass is 10.0. The molecule has 0 radical (unpaired) electrons. The van der Waals surface area contributed by atoms with E-state index in [2.05, 4.69) is 69.3 Å². The number of rotatable bonds is 4. The predicted molar refractivity (Wildman–Crippen MR) is 120 cm³/mol. The highest BCUT2D eigenvalue weighted by molar-refractivity contribution is 14.1.